The van der Waals surface area contributed by atoms with Gasteiger partial charge in [-0.1, -0.05) is 19.3 Å². The van der Waals surface area contributed by atoms with Crippen molar-refractivity contribution in [3.05, 3.63) is 0 Å². The number of aliphatic hydroxyl groups is 1. The zero-order chi connectivity index (χ0) is 12.8. The molecule has 2 fully saturated rings. The second-order valence-electron chi connectivity index (χ2n) is 5.90. The minimum absolute atomic E-state index is 0.363. The Labute approximate surface area is 111 Å². The quantitative estimate of drug-likeness (QED) is 0.744. The van der Waals surface area contributed by atoms with Gasteiger partial charge in [0.2, 0.25) is 0 Å². The smallest absolute Gasteiger partial charge is 0.0897 e. The monoisotopic (exact) mass is 256 g/mol. The fourth-order valence-corrected chi connectivity index (χ4v) is 2.94. The zero-order valence-corrected chi connectivity index (χ0v) is 11.6. The summed E-state index contributed by atoms with van der Waals surface area (Å²) in [6.07, 6.45) is 7.48. The molecule has 4 heteroatoms. The first-order valence-electron chi connectivity index (χ1n) is 7.45. The molecule has 0 aromatic heterocycles. The van der Waals surface area contributed by atoms with Gasteiger partial charge in [0.05, 0.1) is 18.8 Å². The number of nitrogens with one attached hydrogen (secondary N) is 1. The lowest BCUT2D eigenvalue weighted by molar-refractivity contribution is -0.0235. The number of nitrogens with zero attached hydrogens (tertiary/aromatic N) is 1. The second-order valence-corrected chi connectivity index (χ2v) is 5.90. The van der Waals surface area contributed by atoms with E-state index in [4.69, 9.17) is 4.74 Å². The fraction of sp³-hybridized carbons (Fsp3) is 1.00. The molecule has 4 nitrogen and oxygen atoms in total. The average molecular weight is 256 g/mol. The highest BCUT2D eigenvalue weighted by Gasteiger charge is 2.20. The Kier molecular flexibility index (Phi) is 5.89. The number of rotatable bonds is 6. The third kappa shape index (κ3) is 4.84. The molecule has 1 aliphatic heterocycles. The van der Waals surface area contributed by atoms with E-state index in [1.807, 2.05) is 0 Å². The highest BCUT2D eigenvalue weighted by atomic mass is 16.5. The number of aliphatic hydroxyl groups excluding tert-OH is 1. The van der Waals surface area contributed by atoms with Crippen molar-refractivity contribution in [1.82, 2.24) is 10.2 Å². The van der Waals surface area contributed by atoms with Crippen LogP contribution in [0.15, 0.2) is 0 Å². The Morgan fingerprint density at radius 2 is 2.06 bits per heavy atom. The summed E-state index contributed by atoms with van der Waals surface area (Å²) < 4.78 is 5.78. The van der Waals surface area contributed by atoms with Crippen LogP contribution >= 0.6 is 0 Å². The van der Waals surface area contributed by atoms with Crippen molar-refractivity contribution in [2.24, 2.45) is 0 Å². The van der Waals surface area contributed by atoms with Crippen molar-refractivity contribution in [3.63, 3.8) is 0 Å². The van der Waals surface area contributed by atoms with E-state index in [0.29, 0.717) is 25.3 Å². The van der Waals surface area contributed by atoms with Gasteiger partial charge in [-0.25, -0.2) is 0 Å². The van der Waals surface area contributed by atoms with Gasteiger partial charge < -0.3 is 20.1 Å². The molecular formula is C14H28N2O2. The number of ether oxygens (including phenoxy) is 1. The van der Waals surface area contributed by atoms with Crippen molar-refractivity contribution in [2.75, 3.05) is 33.3 Å². The standard InChI is InChI=1S/C14H28N2O2/c1-16-8-7-12(10-16)15-9-13(17)11-18-14-5-3-2-4-6-14/h12-15,17H,2-11H2,1H3. The normalized spacial score (nSPS) is 28.7. The Balaban J connectivity index is 1.53. The van der Waals surface area contributed by atoms with Crippen LogP contribution in [0.25, 0.3) is 0 Å². The minimum Gasteiger partial charge on any atom is -0.389 e. The molecule has 1 saturated heterocycles. The summed E-state index contributed by atoms with van der Waals surface area (Å²) in [5, 5.41) is 13.3. The van der Waals surface area contributed by atoms with E-state index < -0.39 is 0 Å². The maximum Gasteiger partial charge on any atom is 0.0897 e. The van der Waals surface area contributed by atoms with Gasteiger partial charge in [-0.3, -0.25) is 0 Å². The summed E-state index contributed by atoms with van der Waals surface area (Å²) in [4.78, 5) is 2.32. The third-order valence-corrected chi connectivity index (χ3v) is 4.11. The van der Waals surface area contributed by atoms with Crippen molar-refractivity contribution in [1.29, 1.82) is 0 Å². The highest BCUT2D eigenvalue weighted by molar-refractivity contribution is 4.79. The van der Waals surface area contributed by atoms with Crippen LogP contribution in [0.5, 0.6) is 0 Å². The molecule has 106 valence electrons. The molecule has 0 aromatic carbocycles. The van der Waals surface area contributed by atoms with Gasteiger partial charge in [0.15, 0.2) is 0 Å². The van der Waals surface area contributed by atoms with Gasteiger partial charge in [0.25, 0.3) is 0 Å². The molecule has 1 saturated carbocycles. The molecule has 1 aliphatic carbocycles. The van der Waals surface area contributed by atoms with Crippen LogP contribution < -0.4 is 5.32 Å². The number of hydrogen-bond donors (Lipinski definition) is 2. The molecule has 2 aliphatic rings. The van der Waals surface area contributed by atoms with E-state index in [1.54, 1.807) is 0 Å². The Morgan fingerprint density at radius 1 is 1.28 bits per heavy atom. The average Bonchev–Trinajstić information content (AvgIpc) is 2.81. The molecule has 2 rings (SSSR count). The topological polar surface area (TPSA) is 44.7 Å². The SMILES string of the molecule is CN1CCC(NCC(O)COC2CCCCC2)C1. The molecule has 2 atom stereocenters. The largest absolute Gasteiger partial charge is 0.389 e. The third-order valence-electron chi connectivity index (χ3n) is 4.11. The van der Waals surface area contributed by atoms with Crippen molar-refractivity contribution >= 4 is 0 Å². The summed E-state index contributed by atoms with van der Waals surface area (Å²) in [6, 6.07) is 0.541. The molecule has 1 heterocycles. The predicted octanol–water partition coefficient (Wildman–Crippen LogP) is 0.990. The van der Waals surface area contributed by atoms with Crippen LogP contribution in [0.1, 0.15) is 38.5 Å². The van der Waals surface area contributed by atoms with Gasteiger partial charge in [-0.15, -0.1) is 0 Å². The lowest BCUT2D eigenvalue weighted by atomic mass is 9.98. The molecule has 0 radical (unpaired) electrons. The molecule has 18 heavy (non-hydrogen) atoms. The molecule has 0 spiro atoms. The van der Waals surface area contributed by atoms with Crippen LogP contribution in [0.2, 0.25) is 0 Å². The Hall–Kier alpha value is -0.160. The van der Waals surface area contributed by atoms with Crippen LogP contribution in [0.3, 0.4) is 0 Å². The van der Waals surface area contributed by atoms with Gasteiger partial charge >= 0.3 is 0 Å². The minimum atomic E-state index is -0.363. The van der Waals surface area contributed by atoms with E-state index >= 15 is 0 Å². The van der Waals surface area contributed by atoms with E-state index in [-0.39, 0.29) is 6.10 Å². The van der Waals surface area contributed by atoms with Gasteiger partial charge in [-0.2, -0.15) is 0 Å². The van der Waals surface area contributed by atoms with Crippen LogP contribution in [0, 0.1) is 0 Å². The number of likely N-dealkylation sites (tertiary alicyclic amines) is 1. The first-order valence-corrected chi connectivity index (χ1v) is 7.45. The van der Waals surface area contributed by atoms with Crippen LogP contribution in [-0.4, -0.2) is 61.5 Å². The second kappa shape index (κ2) is 7.43. The number of hydrogen-bond acceptors (Lipinski definition) is 4. The van der Waals surface area contributed by atoms with E-state index in [0.717, 1.165) is 13.1 Å². The zero-order valence-electron chi connectivity index (χ0n) is 11.6. The predicted molar refractivity (Wildman–Crippen MR) is 72.7 cm³/mol. The van der Waals surface area contributed by atoms with Crippen molar-refractivity contribution < 1.29 is 9.84 Å². The van der Waals surface area contributed by atoms with Crippen LogP contribution in [0.4, 0.5) is 0 Å². The lowest BCUT2D eigenvalue weighted by Crippen LogP contribution is -2.39. The maximum absolute atomic E-state index is 9.90. The molecule has 2 unspecified atom stereocenters. The maximum atomic E-state index is 9.90. The van der Waals surface area contributed by atoms with E-state index in [2.05, 4.69) is 17.3 Å². The molecule has 0 bridgehead atoms. The molecular weight excluding hydrogens is 228 g/mol. The summed E-state index contributed by atoms with van der Waals surface area (Å²) in [5.41, 5.74) is 0. The highest BCUT2D eigenvalue weighted by Crippen LogP contribution is 2.20. The van der Waals surface area contributed by atoms with Gasteiger partial charge in [0.1, 0.15) is 0 Å². The lowest BCUT2D eigenvalue weighted by Gasteiger charge is -2.24. The summed E-state index contributed by atoms with van der Waals surface area (Å²) in [7, 11) is 2.14. The van der Waals surface area contributed by atoms with E-state index in [9.17, 15) is 5.11 Å². The van der Waals surface area contributed by atoms with Crippen molar-refractivity contribution in [3.8, 4) is 0 Å². The number of likely N-dealkylation sites (N-methyl/N-ethyl adjacent to an activating group) is 1. The van der Waals surface area contributed by atoms with Crippen LogP contribution in [-0.2, 0) is 4.74 Å². The molecule has 0 aromatic rings. The first kappa shape index (κ1) is 14.3. The van der Waals surface area contributed by atoms with Gasteiger partial charge in [-0.05, 0) is 32.9 Å². The fourth-order valence-electron chi connectivity index (χ4n) is 2.94. The van der Waals surface area contributed by atoms with Crippen molar-refractivity contribution in [2.45, 2.75) is 56.8 Å². The Morgan fingerprint density at radius 3 is 2.72 bits per heavy atom. The Bertz CT molecular complexity index is 223. The summed E-state index contributed by atoms with van der Waals surface area (Å²) >= 11 is 0. The van der Waals surface area contributed by atoms with Gasteiger partial charge in [0, 0.05) is 19.1 Å². The first-order chi connectivity index (χ1) is 8.74. The van der Waals surface area contributed by atoms with E-state index in [1.165, 1.54) is 38.5 Å². The summed E-state index contributed by atoms with van der Waals surface area (Å²) in [5.74, 6) is 0. The molecule has 2 N–H and O–H groups in total. The summed E-state index contributed by atoms with van der Waals surface area (Å²) in [6.45, 7) is 3.40. The molecule has 0 amide bonds.